The molecule has 0 unspecified atom stereocenters. The summed E-state index contributed by atoms with van der Waals surface area (Å²) < 4.78 is 0. The highest BCUT2D eigenvalue weighted by atomic mass is 16.3. The van der Waals surface area contributed by atoms with E-state index in [4.69, 9.17) is 10.8 Å². The van der Waals surface area contributed by atoms with E-state index in [0.717, 1.165) is 0 Å². The number of amides is 1. The number of nitrogen functional groups attached to an aromatic ring is 1. The van der Waals surface area contributed by atoms with Gasteiger partial charge in [0, 0.05) is 24.3 Å². The van der Waals surface area contributed by atoms with Gasteiger partial charge < -0.3 is 15.7 Å². The summed E-state index contributed by atoms with van der Waals surface area (Å²) in [6.07, 6.45) is 1.63. The van der Waals surface area contributed by atoms with Gasteiger partial charge in [-0.25, -0.2) is 0 Å². The van der Waals surface area contributed by atoms with Crippen molar-refractivity contribution in [2.45, 2.75) is 0 Å². The zero-order valence-electron chi connectivity index (χ0n) is 9.10. The first-order chi connectivity index (χ1) is 7.69. The summed E-state index contributed by atoms with van der Waals surface area (Å²) in [6, 6.07) is 6.70. The predicted octanol–water partition coefficient (Wildman–Crippen LogP) is 0.889. The van der Waals surface area contributed by atoms with E-state index in [1.54, 1.807) is 30.3 Å². The van der Waals surface area contributed by atoms with Gasteiger partial charge in [-0.1, -0.05) is 6.08 Å². The SMILES string of the molecule is C=CCN(CCO)C(=O)c1ccc(N)cc1. The van der Waals surface area contributed by atoms with Crippen LogP contribution in [0.4, 0.5) is 5.69 Å². The number of aliphatic hydroxyl groups excluding tert-OH is 1. The lowest BCUT2D eigenvalue weighted by atomic mass is 10.2. The van der Waals surface area contributed by atoms with Crippen molar-refractivity contribution in [2.75, 3.05) is 25.4 Å². The van der Waals surface area contributed by atoms with Crippen LogP contribution < -0.4 is 5.73 Å². The van der Waals surface area contributed by atoms with Crippen molar-refractivity contribution in [1.82, 2.24) is 4.90 Å². The van der Waals surface area contributed by atoms with Crippen LogP contribution in [0.25, 0.3) is 0 Å². The number of nitrogens with zero attached hydrogens (tertiary/aromatic N) is 1. The van der Waals surface area contributed by atoms with Gasteiger partial charge in [0.15, 0.2) is 0 Å². The number of nitrogens with two attached hydrogens (primary N) is 1. The molecule has 1 rings (SSSR count). The Morgan fingerprint density at radius 3 is 2.56 bits per heavy atom. The first-order valence-corrected chi connectivity index (χ1v) is 5.05. The molecule has 0 saturated heterocycles. The highest BCUT2D eigenvalue weighted by Crippen LogP contribution is 2.08. The van der Waals surface area contributed by atoms with Crippen LogP contribution in [-0.2, 0) is 0 Å². The predicted molar refractivity (Wildman–Crippen MR) is 64.0 cm³/mol. The average Bonchev–Trinajstić information content (AvgIpc) is 2.29. The highest BCUT2D eigenvalue weighted by molar-refractivity contribution is 5.94. The summed E-state index contributed by atoms with van der Waals surface area (Å²) in [5.74, 6) is -0.131. The summed E-state index contributed by atoms with van der Waals surface area (Å²) in [4.78, 5) is 13.5. The zero-order valence-corrected chi connectivity index (χ0v) is 9.10. The second kappa shape index (κ2) is 5.92. The van der Waals surface area contributed by atoms with Gasteiger partial charge in [0.05, 0.1) is 6.61 Å². The molecule has 0 bridgehead atoms. The Morgan fingerprint density at radius 2 is 2.06 bits per heavy atom. The molecule has 16 heavy (non-hydrogen) atoms. The zero-order chi connectivity index (χ0) is 12.0. The molecule has 0 aromatic heterocycles. The number of aliphatic hydroxyl groups is 1. The molecule has 0 aliphatic heterocycles. The van der Waals surface area contributed by atoms with Crippen LogP contribution >= 0.6 is 0 Å². The fraction of sp³-hybridized carbons (Fsp3) is 0.250. The largest absolute Gasteiger partial charge is 0.399 e. The summed E-state index contributed by atoms with van der Waals surface area (Å²) in [5, 5.41) is 8.86. The maximum absolute atomic E-state index is 12.0. The molecule has 0 atom stereocenters. The maximum atomic E-state index is 12.0. The van der Waals surface area contributed by atoms with Crippen molar-refractivity contribution in [3.63, 3.8) is 0 Å². The Bertz CT molecular complexity index is 360. The summed E-state index contributed by atoms with van der Waals surface area (Å²) >= 11 is 0. The van der Waals surface area contributed by atoms with Gasteiger partial charge in [-0.05, 0) is 24.3 Å². The quantitative estimate of drug-likeness (QED) is 0.572. The fourth-order valence-electron chi connectivity index (χ4n) is 1.36. The second-order valence-corrected chi connectivity index (χ2v) is 3.39. The minimum absolute atomic E-state index is 0.0610. The number of carbonyl (C=O) groups excluding carboxylic acids is 1. The molecule has 0 aliphatic rings. The lowest BCUT2D eigenvalue weighted by Gasteiger charge is -2.19. The van der Waals surface area contributed by atoms with Crippen molar-refractivity contribution in [2.24, 2.45) is 0 Å². The molecule has 4 nitrogen and oxygen atoms in total. The number of anilines is 1. The van der Waals surface area contributed by atoms with Crippen LogP contribution in [-0.4, -0.2) is 35.6 Å². The van der Waals surface area contributed by atoms with Gasteiger partial charge in [0.2, 0.25) is 0 Å². The number of hydrogen-bond acceptors (Lipinski definition) is 3. The average molecular weight is 220 g/mol. The third kappa shape index (κ3) is 3.10. The van der Waals surface area contributed by atoms with Crippen molar-refractivity contribution < 1.29 is 9.90 Å². The molecule has 1 aromatic rings. The van der Waals surface area contributed by atoms with E-state index in [1.165, 1.54) is 4.90 Å². The van der Waals surface area contributed by atoms with E-state index in [-0.39, 0.29) is 12.5 Å². The molecule has 0 fully saturated rings. The molecule has 1 amide bonds. The number of benzene rings is 1. The summed E-state index contributed by atoms with van der Waals surface area (Å²) in [5.41, 5.74) is 6.72. The molecular weight excluding hydrogens is 204 g/mol. The van der Waals surface area contributed by atoms with Crippen LogP contribution in [0.2, 0.25) is 0 Å². The van der Waals surface area contributed by atoms with Crippen LogP contribution in [0, 0.1) is 0 Å². The van der Waals surface area contributed by atoms with Gasteiger partial charge >= 0.3 is 0 Å². The Labute approximate surface area is 95.0 Å². The van der Waals surface area contributed by atoms with E-state index >= 15 is 0 Å². The molecule has 86 valence electrons. The van der Waals surface area contributed by atoms with Crippen molar-refractivity contribution in [3.05, 3.63) is 42.5 Å². The lowest BCUT2D eigenvalue weighted by Crippen LogP contribution is -2.33. The number of hydrogen-bond donors (Lipinski definition) is 2. The smallest absolute Gasteiger partial charge is 0.254 e. The van der Waals surface area contributed by atoms with Crippen molar-refractivity contribution >= 4 is 11.6 Å². The van der Waals surface area contributed by atoms with Crippen LogP contribution in [0.1, 0.15) is 10.4 Å². The topological polar surface area (TPSA) is 66.6 Å². The lowest BCUT2D eigenvalue weighted by molar-refractivity contribution is 0.0743. The third-order valence-corrected chi connectivity index (χ3v) is 2.16. The second-order valence-electron chi connectivity index (χ2n) is 3.39. The molecule has 0 saturated carbocycles. The fourth-order valence-corrected chi connectivity index (χ4v) is 1.36. The van der Waals surface area contributed by atoms with E-state index in [9.17, 15) is 4.79 Å². The van der Waals surface area contributed by atoms with E-state index in [1.807, 2.05) is 0 Å². The van der Waals surface area contributed by atoms with Crippen molar-refractivity contribution in [1.29, 1.82) is 0 Å². The standard InChI is InChI=1S/C12H16N2O2/c1-2-7-14(8-9-15)12(16)10-3-5-11(13)6-4-10/h2-6,15H,1,7-9,13H2. The molecule has 0 spiro atoms. The minimum atomic E-state index is -0.131. The summed E-state index contributed by atoms with van der Waals surface area (Å²) in [6.45, 7) is 4.24. The molecule has 0 radical (unpaired) electrons. The van der Waals surface area contributed by atoms with Gasteiger partial charge in [0.1, 0.15) is 0 Å². The third-order valence-electron chi connectivity index (χ3n) is 2.16. The summed E-state index contributed by atoms with van der Waals surface area (Å²) in [7, 11) is 0. The maximum Gasteiger partial charge on any atom is 0.254 e. The number of rotatable bonds is 5. The number of carbonyl (C=O) groups is 1. The van der Waals surface area contributed by atoms with Gasteiger partial charge in [-0.3, -0.25) is 4.79 Å². The minimum Gasteiger partial charge on any atom is -0.399 e. The highest BCUT2D eigenvalue weighted by Gasteiger charge is 2.13. The first-order valence-electron chi connectivity index (χ1n) is 5.05. The molecular formula is C12H16N2O2. The molecule has 0 aliphatic carbocycles. The molecule has 3 N–H and O–H groups in total. The van der Waals surface area contributed by atoms with Crippen LogP contribution in [0.15, 0.2) is 36.9 Å². The molecule has 0 heterocycles. The normalized spacial score (nSPS) is 9.81. The van der Waals surface area contributed by atoms with Crippen LogP contribution in [0.5, 0.6) is 0 Å². The van der Waals surface area contributed by atoms with Gasteiger partial charge in [-0.2, -0.15) is 0 Å². The molecule has 1 aromatic carbocycles. The Hall–Kier alpha value is -1.81. The Morgan fingerprint density at radius 1 is 1.44 bits per heavy atom. The van der Waals surface area contributed by atoms with Gasteiger partial charge in [-0.15, -0.1) is 6.58 Å². The monoisotopic (exact) mass is 220 g/mol. The molecule has 4 heteroatoms. The van der Waals surface area contributed by atoms with E-state index in [0.29, 0.717) is 24.3 Å². The van der Waals surface area contributed by atoms with Gasteiger partial charge in [0.25, 0.3) is 5.91 Å². The van der Waals surface area contributed by atoms with E-state index < -0.39 is 0 Å². The van der Waals surface area contributed by atoms with Crippen LogP contribution in [0.3, 0.4) is 0 Å². The first kappa shape index (κ1) is 12.3. The Kier molecular flexibility index (Phi) is 4.54. The Balaban J connectivity index is 2.80. The van der Waals surface area contributed by atoms with E-state index in [2.05, 4.69) is 6.58 Å². The van der Waals surface area contributed by atoms with Crippen molar-refractivity contribution in [3.8, 4) is 0 Å².